The second kappa shape index (κ2) is 8.83. The van der Waals surface area contributed by atoms with Crippen LogP contribution in [0.3, 0.4) is 0 Å². The molecule has 0 radical (unpaired) electrons. The number of hydrogen-bond acceptors (Lipinski definition) is 3. The minimum absolute atomic E-state index is 0.0343. The van der Waals surface area contributed by atoms with Crippen LogP contribution in [0.15, 0.2) is 18.2 Å². The number of aromatic carboxylic acids is 1. The van der Waals surface area contributed by atoms with Gasteiger partial charge in [0.25, 0.3) is 5.91 Å². The van der Waals surface area contributed by atoms with E-state index in [4.69, 9.17) is 5.11 Å². The van der Waals surface area contributed by atoms with Gasteiger partial charge in [0.2, 0.25) is 5.91 Å². The molecule has 0 bridgehead atoms. The highest BCUT2D eigenvalue weighted by Crippen LogP contribution is 2.22. The largest absolute Gasteiger partial charge is 0.478 e. The second-order valence-corrected chi connectivity index (χ2v) is 7.07. The summed E-state index contributed by atoms with van der Waals surface area (Å²) in [5.74, 6) is -1.08. The number of rotatable bonds is 6. The maximum Gasteiger partial charge on any atom is 0.335 e. The zero-order valence-electron chi connectivity index (χ0n) is 15.8. The van der Waals surface area contributed by atoms with Gasteiger partial charge < -0.3 is 14.9 Å². The average Bonchev–Trinajstić information content (AvgIpc) is 2.64. The van der Waals surface area contributed by atoms with E-state index in [0.29, 0.717) is 31.5 Å². The molecule has 1 aliphatic rings. The maximum absolute atomic E-state index is 12.7. The standard InChI is InChI=1S/C20H28N2O4/c1-4-5-8-21(3)18(23)15-6-9-22(10-7-15)19(24)16-11-14(2)12-17(13-16)20(25)26/h11-13,15H,4-10H2,1-3H3,(H,25,26). The van der Waals surface area contributed by atoms with E-state index >= 15 is 0 Å². The van der Waals surface area contributed by atoms with Crippen molar-refractivity contribution in [2.24, 2.45) is 5.92 Å². The molecule has 2 amide bonds. The molecule has 1 saturated heterocycles. The number of nitrogens with zero attached hydrogens (tertiary/aromatic N) is 2. The number of benzene rings is 1. The molecule has 6 nitrogen and oxygen atoms in total. The van der Waals surface area contributed by atoms with Gasteiger partial charge in [-0.25, -0.2) is 4.79 Å². The molecule has 1 fully saturated rings. The van der Waals surface area contributed by atoms with Crippen molar-refractivity contribution in [1.82, 2.24) is 9.80 Å². The fourth-order valence-corrected chi connectivity index (χ4v) is 3.36. The summed E-state index contributed by atoms with van der Waals surface area (Å²) in [4.78, 5) is 39.9. The van der Waals surface area contributed by atoms with Gasteiger partial charge >= 0.3 is 5.97 Å². The van der Waals surface area contributed by atoms with Crippen molar-refractivity contribution in [1.29, 1.82) is 0 Å². The molecule has 0 atom stereocenters. The van der Waals surface area contributed by atoms with Gasteiger partial charge in [0, 0.05) is 38.2 Å². The molecule has 6 heteroatoms. The number of aryl methyl sites for hydroxylation is 1. The van der Waals surface area contributed by atoms with Gasteiger partial charge in [-0.05, 0) is 49.9 Å². The molecule has 1 aromatic carbocycles. The highest BCUT2D eigenvalue weighted by molar-refractivity contribution is 5.98. The number of carboxylic acids is 1. The van der Waals surface area contributed by atoms with Crippen molar-refractivity contribution in [2.45, 2.75) is 39.5 Å². The molecule has 1 heterocycles. The number of piperidine rings is 1. The summed E-state index contributed by atoms with van der Waals surface area (Å²) < 4.78 is 0. The summed E-state index contributed by atoms with van der Waals surface area (Å²) >= 11 is 0. The highest BCUT2D eigenvalue weighted by atomic mass is 16.4. The lowest BCUT2D eigenvalue weighted by Crippen LogP contribution is -2.43. The Morgan fingerprint density at radius 1 is 1.15 bits per heavy atom. The fraction of sp³-hybridized carbons (Fsp3) is 0.550. The minimum Gasteiger partial charge on any atom is -0.478 e. The third kappa shape index (κ3) is 4.84. The first kappa shape index (κ1) is 19.9. The van der Waals surface area contributed by atoms with E-state index in [0.717, 1.165) is 24.9 Å². The first-order valence-electron chi connectivity index (χ1n) is 9.22. The summed E-state index contributed by atoms with van der Waals surface area (Å²) in [7, 11) is 1.84. The number of carbonyl (C=O) groups is 3. The Bertz CT molecular complexity index is 678. The van der Waals surface area contributed by atoms with Crippen molar-refractivity contribution in [3.63, 3.8) is 0 Å². The van der Waals surface area contributed by atoms with E-state index in [2.05, 4.69) is 6.92 Å². The number of likely N-dealkylation sites (tertiary alicyclic amines) is 1. The van der Waals surface area contributed by atoms with Crippen molar-refractivity contribution < 1.29 is 19.5 Å². The number of amides is 2. The van der Waals surface area contributed by atoms with Crippen LogP contribution in [0, 0.1) is 12.8 Å². The molecule has 1 aliphatic heterocycles. The van der Waals surface area contributed by atoms with Crippen LogP contribution in [0.4, 0.5) is 0 Å². The third-order valence-electron chi connectivity index (χ3n) is 4.93. The lowest BCUT2D eigenvalue weighted by atomic mass is 9.94. The topological polar surface area (TPSA) is 77.9 Å². The zero-order chi connectivity index (χ0) is 19.3. The van der Waals surface area contributed by atoms with E-state index in [1.54, 1.807) is 28.9 Å². The number of carboxylic acid groups (broad SMARTS) is 1. The number of hydrogen-bond donors (Lipinski definition) is 1. The molecule has 142 valence electrons. The lowest BCUT2D eigenvalue weighted by Gasteiger charge is -2.33. The third-order valence-corrected chi connectivity index (χ3v) is 4.93. The van der Waals surface area contributed by atoms with Crippen molar-refractivity contribution >= 4 is 17.8 Å². The van der Waals surface area contributed by atoms with Crippen LogP contribution >= 0.6 is 0 Å². The van der Waals surface area contributed by atoms with Crippen LogP contribution in [0.1, 0.15) is 58.9 Å². The molecule has 1 aromatic rings. The summed E-state index contributed by atoms with van der Waals surface area (Å²) in [5, 5.41) is 9.17. The van der Waals surface area contributed by atoms with Crippen molar-refractivity contribution in [3.05, 3.63) is 34.9 Å². The molecule has 0 unspecified atom stereocenters. The van der Waals surface area contributed by atoms with Gasteiger partial charge in [0.1, 0.15) is 0 Å². The van der Waals surface area contributed by atoms with Crippen LogP contribution in [-0.4, -0.2) is 59.4 Å². The zero-order valence-corrected chi connectivity index (χ0v) is 15.8. The van der Waals surface area contributed by atoms with E-state index in [-0.39, 0.29) is 23.3 Å². The molecule has 0 aliphatic carbocycles. The van der Waals surface area contributed by atoms with E-state index in [9.17, 15) is 14.4 Å². The van der Waals surface area contributed by atoms with Crippen LogP contribution in [0.25, 0.3) is 0 Å². The van der Waals surface area contributed by atoms with Crippen LogP contribution in [-0.2, 0) is 4.79 Å². The van der Waals surface area contributed by atoms with Gasteiger partial charge in [0.05, 0.1) is 5.56 Å². The van der Waals surface area contributed by atoms with Gasteiger partial charge in [-0.15, -0.1) is 0 Å². The normalized spacial score (nSPS) is 15.0. The van der Waals surface area contributed by atoms with E-state index in [1.165, 1.54) is 6.07 Å². The Hall–Kier alpha value is -2.37. The average molecular weight is 360 g/mol. The van der Waals surface area contributed by atoms with Gasteiger partial charge in [0.15, 0.2) is 0 Å². The fourth-order valence-electron chi connectivity index (χ4n) is 3.36. The predicted molar refractivity (Wildman–Crippen MR) is 99.3 cm³/mol. The lowest BCUT2D eigenvalue weighted by molar-refractivity contribution is -0.135. The smallest absolute Gasteiger partial charge is 0.335 e. The molecule has 26 heavy (non-hydrogen) atoms. The SMILES string of the molecule is CCCCN(C)C(=O)C1CCN(C(=O)c2cc(C)cc(C(=O)O)c2)CC1. The molecular formula is C20H28N2O4. The van der Waals surface area contributed by atoms with Crippen molar-refractivity contribution in [3.8, 4) is 0 Å². The van der Waals surface area contributed by atoms with E-state index in [1.807, 2.05) is 7.05 Å². The molecule has 0 spiro atoms. The highest BCUT2D eigenvalue weighted by Gasteiger charge is 2.29. The van der Waals surface area contributed by atoms with Gasteiger partial charge in [-0.2, -0.15) is 0 Å². The first-order chi connectivity index (χ1) is 12.3. The minimum atomic E-state index is -1.04. The van der Waals surface area contributed by atoms with Crippen LogP contribution in [0.2, 0.25) is 0 Å². The van der Waals surface area contributed by atoms with E-state index < -0.39 is 5.97 Å². The molecular weight excluding hydrogens is 332 g/mol. The summed E-state index contributed by atoms with van der Waals surface area (Å²) in [5.41, 5.74) is 1.26. The Morgan fingerprint density at radius 3 is 2.35 bits per heavy atom. The van der Waals surface area contributed by atoms with Crippen LogP contribution in [0.5, 0.6) is 0 Å². The van der Waals surface area contributed by atoms with Gasteiger partial charge in [-0.3, -0.25) is 9.59 Å². The summed E-state index contributed by atoms with van der Waals surface area (Å²) in [6, 6.07) is 4.69. The first-order valence-corrected chi connectivity index (χ1v) is 9.22. The predicted octanol–water partition coefficient (Wildman–Crippen LogP) is 2.80. The second-order valence-electron chi connectivity index (χ2n) is 7.07. The number of unbranched alkanes of at least 4 members (excludes halogenated alkanes) is 1. The Labute approximate surface area is 154 Å². The summed E-state index contributed by atoms with van der Waals surface area (Å²) in [6.45, 7) is 5.69. The number of carbonyl (C=O) groups excluding carboxylic acids is 2. The Kier molecular flexibility index (Phi) is 6.77. The molecule has 1 N–H and O–H groups in total. The molecule has 0 aromatic heterocycles. The maximum atomic E-state index is 12.7. The molecule has 0 saturated carbocycles. The van der Waals surface area contributed by atoms with Crippen molar-refractivity contribution in [2.75, 3.05) is 26.7 Å². The van der Waals surface area contributed by atoms with Crippen LogP contribution < -0.4 is 0 Å². The Morgan fingerprint density at radius 2 is 1.77 bits per heavy atom. The quantitative estimate of drug-likeness (QED) is 0.846. The Balaban J connectivity index is 1.98. The monoisotopic (exact) mass is 360 g/mol. The summed E-state index contributed by atoms with van der Waals surface area (Å²) in [6.07, 6.45) is 3.36. The van der Waals surface area contributed by atoms with Gasteiger partial charge in [-0.1, -0.05) is 13.3 Å². The molecule has 2 rings (SSSR count).